The van der Waals surface area contributed by atoms with Crippen LogP contribution in [0.5, 0.6) is 0 Å². The topological polar surface area (TPSA) is 72.9 Å². The first kappa shape index (κ1) is 10.7. The Morgan fingerprint density at radius 1 is 1.62 bits per heavy atom. The Labute approximate surface area is 96.9 Å². The zero-order valence-electron chi connectivity index (χ0n) is 9.02. The minimum absolute atomic E-state index is 0.162. The van der Waals surface area contributed by atoms with Gasteiger partial charge in [-0.1, -0.05) is 6.07 Å². The van der Waals surface area contributed by atoms with E-state index in [9.17, 15) is 4.79 Å². The summed E-state index contributed by atoms with van der Waals surface area (Å²) in [6.07, 6.45) is 0. The Morgan fingerprint density at radius 3 is 2.88 bits per heavy atom. The van der Waals surface area contributed by atoms with Crippen LogP contribution in [0.4, 0.5) is 11.5 Å². The molecule has 3 N–H and O–H groups in total. The minimum atomic E-state index is -0.162. The molecule has 0 bridgehead atoms. The molecule has 2 aromatic heterocycles. The van der Waals surface area contributed by atoms with Gasteiger partial charge in [0.25, 0.3) is 5.91 Å². The zero-order valence-corrected chi connectivity index (χ0v) is 9.84. The Kier molecular flexibility index (Phi) is 2.66. The van der Waals surface area contributed by atoms with E-state index in [2.05, 4.69) is 10.4 Å². The van der Waals surface area contributed by atoms with E-state index in [-0.39, 0.29) is 5.91 Å². The van der Waals surface area contributed by atoms with Crippen LogP contribution in [0.15, 0.2) is 17.5 Å². The second-order valence-electron chi connectivity index (χ2n) is 3.40. The van der Waals surface area contributed by atoms with Gasteiger partial charge in [-0.05, 0) is 18.4 Å². The van der Waals surface area contributed by atoms with E-state index in [1.165, 1.54) is 11.3 Å². The summed E-state index contributed by atoms with van der Waals surface area (Å²) >= 11 is 1.39. The molecule has 0 aliphatic rings. The van der Waals surface area contributed by atoms with E-state index in [1.807, 2.05) is 11.4 Å². The Balaban J connectivity index is 2.25. The maximum absolute atomic E-state index is 11.8. The van der Waals surface area contributed by atoms with Crippen molar-refractivity contribution in [1.82, 2.24) is 9.78 Å². The second kappa shape index (κ2) is 3.97. The molecule has 0 aromatic carbocycles. The van der Waals surface area contributed by atoms with Gasteiger partial charge >= 0.3 is 0 Å². The zero-order chi connectivity index (χ0) is 11.7. The number of carbonyl (C=O) groups is 1. The van der Waals surface area contributed by atoms with Crippen molar-refractivity contribution in [1.29, 1.82) is 0 Å². The monoisotopic (exact) mass is 236 g/mol. The molecule has 2 rings (SSSR count). The van der Waals surface area contributed by atoms with Crippen LogP contribution < -0.4 is 11.1 Å². The summed E-state index contributed by atoms with van der Waals surface area (Å²) in [6, 6.07) is 3.59. The number of hydrogen-bond donors (Lipinski definition) is 2. The van der Waals surface area contributed by atoms with Crippen molar-refractivity contribution in [3.8, 4) is 0 Å². The maximum atomic E-state index is 11.8. The fourth-order valence-electron chi connectivity index (χ4n) is 1.40. The smallest absolute Gasteiger partial charge is 0.266 e. The predicted molar refractivity (Wildman–Crippen MR) is 64.6 cm³/mol. The van der Waals surface area contributed by atoms with Gasteiger partial charge in [0, 0.05) is 7.05 Å². The summed E-state index contributed by atoms with van der Waals surface area (Å²) in [5.41, 5.74) is 7.03. The first-order chi connectivity index (χ1) is 7.59. The highest BCUT2D eigenvalue weighted by Gasteiger charge is 2.14. The van der Waals surface area contributed by atoms with Crippen molar-refractivity contribution in [2.45, 2.75) is 6.92 Å². The molecule has 0 radical (unpaired) electrons. The number of amides is 1. The number of carbonyl (C=O) groups excluding carboxylic acids is 1. The number of thiophene rings is 1. The number of nitrogen functional groups attached to an aromatic ring is 1. The largest absolute Gasteiger partial charge is 0.394 e. The van der Waals surface area contributed by atoms with E-state index >= 15 is 0 Å². The average Bonchev–Trinajstić information content (AvgIpc) is 2.83. The molecule has 16 heavy (non-hydrogen) atoms. The van der Waals surface area contributed by atoms with Gasteiger partial charge < -0.3 is 11.1 Å². The van der Waals surface area contributed by atoms with Crippen LogP contribution in [0.3, 0.4) is 0 Å². The number of aryl methyl sites for hydroxylation is 2. The third kappa shape index (κ3) is 1.79. The fraction of sp³-hybridized carbons (Fsp3) is 0.200. The molecule has 2 aromatic rings. The van der Waals surface area contributed by atoms with Gasteiger partial charge in [-0.3, -0.25) is 9.48 Å². The quantitative estimate of drug-likeness (QED) is 0.832. The molecule has 0 saturated heterocycles. The van der Waals surface area contributed by atoms with Crippen molar-refractivity contribution in [2.75, 3.05) is 11.1 Å². The third-order valence-electron chi connectivity index (χ3n) is 2.25. The molecule has 0 aliphatic carbocycles. The Morgan fingerprint density at radius 2 is 2.38 bits per heavy atom. The van der Waals surface area contributed by atoms with Gasteiger partial charge in [-0.15, -0.1) is 11.3 Å². The molecule has 0 spiro atoms. The maximum Gasteiger partial charge on any atom is 0.266 e. The van der Waals surface area contributed by atoms with Gasteiger partial charge in [0.05, 0.1) is 16.3 Å². The van der Waals surface area contributed by atoms with Gasteiger partial charge in [0.1, 0.15) is 0 Å². The van der Waals surface area contributed by atoms with Crippen LogP contribution in [0.2, 0.25) is 0 Å². The van der Waals surface area contributed by atoms with E-state index in [1.54, 1.807) is 24.7 Å². The molecule has 0 unspecified atom stereocenters. The normalized spacial score (nSPS) is 10.4. The SMILES string of the molecule is Cc1nn(C)c(NC(=O)c2cccs2)c1N. The number of hydrogen-bond acceptors (Lipinski definition) is 4. The molecule has 84 valence electrons. The number of nitrogens with two attached hydrogens (primary N) is 1. The Bertz CT molecular complexity index is 515. The van der Waals surface area contributed by atoms with E-state index in [0.717, 1.165) is 0 Å². The highest BCUT2D eigenvalue weighted by atomic mass is 32.1. The third-order valence-corrected chi connectivity index (χ3v) is 3.11. The van der Waals surface area contributed by atoms with Crippen molar-refractivity contribution < 1.29 is 4.79 Å². The molecular formula is C10H12N4OS. The van der Waals surface area contributed by atoms with E-state index in [4.69, 9.17) is 5.73 Å². The van der Waals surface area contributed by atoms with Crippen LogP contribution in [-0.4, -0.2) is 15.7 Å². The lowest BCUT2D eigenvalue weighted by atomic mass is 10.3. The number of aromatic nitrogens is 2. The molecular weight excluding hydrogens is 224 g/mol. The first-order valence-corrected chi connectivity index (χ1v) is 5.61. The summed E-state index contributed by atoms with van der Waals surface area (Å²) in [5, 5.41) is 8.73. The molecule has 5 nitrogen and oxygen atoms in total. The van der Waals surface area contributed by atoms with Crippen molar-refractivity contribution in [3.63, 3.8) is 0 Å². The van der Waals surface area contributed by atoms with Crippen LogP contribution in [0.25, 0.3) is 0 Å². The summed E-state index contributed by atoms with van der Waals surface area (Å²) < 4.78 is 1.57. The average molecular weight is 236 g/mol. The van der Waals surface area contributed by atoms with Gasteiger partial charge in [-0.25, -0.2) is 0 Å². The number of nitrogens with one attached hydrogen (secondary N) is 1. The Hall–Kier alpha value is -1.82. The lowest BCUT2D eigenvalue weighted by molar-refractivity contribution is 0.102. The molecule has 0 fully saturated rings. The van der Waals surface area contributed by atoms with Crippen LogP contribution in [0.1, 0.15) is 15.4 Å². The summed E-state index contributed by atoms with van der Waals surface area (Å²) in [6.45, 7) is 1.80. The van der Waals surface area contributed by atoms with Gasteiger partial charge in [-0.2, -0.15) is 5.10 Å². The van der Waals surface area contributed by atoms with Crippen molar-refractivity contribution in [3.05, 3.63) is 28.1 Å². The number of anilines is 2. The van der Waals surface area contributed by atoms with Crippen LogP contribution in [-0.2, 0) is 7.05 Å². The summed E-state index contributed by atoms with van der Waals surface area (Å²) in [4.78, 5) is 12.4. The van der Waals surface area contributed by atoms with Gasteiger partial charge in [0.2, 0.25) is 0 Å². The van der Waals surface area contributed by atoms with Crippen molar-refractivity contribution in [2.24, 2.45) is 7.05 Å². The molecule has 2 heterocycles. The molecule has 0 atom stereocenters. The van der Waals surface area contributed by atoms with Gasteiger partial charge in [0.15, 0.2) is 5.82 Å². The highest BCUT2D eigenvalue weighted by Crippen LogP contribution is 2.22. The molecule has 0 aliphatic heterocycles. The number of nitrogens with zero attached hydrogens (tertiary/aromatic N) is 2. The number of rotatable bonds is 2. The summed E-state index contributed by atoms with van der Waals surface area (Å²) in [7, 11) is 1.74. The lowest BCUT2D eigenvalue weighted by Gasteiger charge is -2.04. The summed E-state index contributed by atoms with van der Waals surface area (Å²) in [5.74, 6) is 0.376. The highest BCUT2D eigenvalue weighted by molar-refractivity contribution is 7.12. The first-order valence-electron chi connectivity index (χ1n) is 4.73. The van der Waals surface area contributed by atoms with Crippen LogP contribution >= 0.6 is 11.3 Å². The molecule has 1 amide bonds. The second-order valence-corrected chi connectivity index (χ2v) is 4.35. The van der Waals surface area contributed by atoms with Crippen molar-refractivity contribution >= 4 is 28.7 Å². The van der Waals surface area contributed by atoms with E-state index in [0.29, 0.717) is 22.1 Å². The lowest BCUT2D eigenvalue weighted by Crippen LogP contribution is -2.14. The molecule has 0 saturated carbocycles. The standard InChI is InChI=1S/C10H12N4OS/c1-6-8(11)9(14(2)13-6)12-10(15)7-4-3-5-16-7/h3-5H,11H2,1-2H3,(H,12,15). The van der Waals surface area contributed by atoms with Crippen LogP contribution in [0, 0.1) is 6.92 Å². The fourth-order valence-corrected chi connectivity index (χ4v) is 2.02. The predicted octanol–water partition coefficient (Wildman–Crippen LogP) is 1.62. The molecule has 6 heteroatoms. The minimum Gasteiger partial charge on any atom is -0.394 e. The van der Waals surface area contributed by atoms with E-state index < -0.39 is 0 Å².